The molecule has 2 atom stereocenters. The highest BCUT2D eigenvalue weighted by Gasteiger charge is 2.33. The van der Waals surface area contributed by atoms with Crippen LogP contribution in [0.5, 0.6) is 0 Å². The van der Waals surface area contributed by atoms with E-state index >= 15 is 0 Å². The third-order valence-electron chi connectivity index (χ3n) is 6.16. The molecule has 3 heterocycles. The fourth-order valence-corrected chi connectivity index (χ4v) is 4.65. The van der Waals surface area contributed by atoms with E-state index in [0.29, 0.717) is 24.7 Å². The largest absolute Gasteiger partial charge is 0.471 e. The second-order valence-corrected chi connectivity index (χ2v) is 9.36. The fourth-order valence-electron chi connectivity index (χ4n) is 4.65. The van der Waals surface area contributed by atoms with E-state index in [9.17, 15) is 4.79 Å². The van der Waals surface area contributed by atoms with E-state index in [0.717, 1.165) is 39.1 Å². The number of carbonyl (C=O) groups is 1. The quantitative estimate of drug-likeness (QED) is 0.502. The van der Waals surface area contributed by atoms with Crippen LogP contribution in [0.1, 0.15) is 55.4 Å². The molecule has 33 heavy (non-hydrogen) atoms. The first kappa shape index (κ1) is 22.9. The molecule has 0 saturated carbocycles. The predicted molar refractivity (Wildman–Crippen MR) is 131 cm³/mol. The number of H-pyrrole nitrogens is 1. The number of carbonyl (C=O) groups excluding carboxylic acids is 1. The molecule has 0 fully saturated rings. The second kappa shape index (κ2) is 8.90. The number of nitrogens with two attached hydrogens (primary N) is 2. The highest BCUT2D eigenvalue weighted by atomic mass is 16.5. The topological polar surface area (TPSA) is 110 Å². The molecular weight excluding hydrogens is 414 g/mol. The van der Waals surface area contributed by atoms with Crippen molar-refractivity contribution in [2.45, 2.75) is 46.8 Å². The number of benzene rings is 1. The Morgan fingerprint density at radius 1 is 1.18 bits per heavy atom. The number of aryl methyl sites for hydroxylation is 2. The van der Waals surface area contributed by atoms with Crippen molar-refractivity contribution in [1.82, 2.24) is 14.9 Å². The van der Waals surface area contributed by atoms with Crippen LogP contribution in [0.15, 0.2) is 42.3 Å². The van der Waals surface area contributed by atoms with Gasteiger partial charge in [0.25, 0.3) is 5.91 Å². The molecular formula is C26H33N5O2. The predicted octanol–water partition coefficient (Wildman–Crippen LogP) is 4.22. The zero-order valence-corrected chi connectivity index (χ0v) is 20.0. The van der Waals surface area contributed by atoms with Gasteiger partial charge in [-0.1, -0.05) is 26.8 Å². The van der Waals surface area contributed by atoms with Crippen molar-refractivity contribution in [2.75, 3.05) is 13.1 Å². The number of ether oxygens (including phenoxy) is 1. The number of hydrogen-bond acceptors (Lipinski definition) is 5. The standard InChI is InChI=1S/C26H33N5O2/c1-14(2)23-20-10-18(26-31(12-15(3)11-27)22(13-33-26)25(28)32)6-7-21(20)30-24(23)19-8-16(4)29-17(5)9-19/h6-10,13-15,26,30H,11-12,27H2,1-5H3,(H2,28,32). The highest BCUT2D eigenvalue weighted by Crippen LogP contribution is 2.39. The molecule has 3 aromatic rings. The Balaban J connectivity index is 1.81. The fraction of sp³-hybridized carbons (Fsp3) is 0.385. The Morgan fingerprint density at radius 3 is 2.48 bits per heavy atom. The van der Waals surface area contributed by atoms with Crippen molar-refractivity contribution < 1.29 is 9.53 Å². The van der Waals surface area contributed by atoms with Crippen molar-refractivity contribution in [3.63, 3.8) is 0 Å². The van der Waals surface area contributed by atoms with Crippen LogP contribution in [0, 0.1) is 19.8 Å². The highest BCUT2D eigenvalue weighted by molar-refractivity contribution is 5.93. The van der Waals surface area contributed by atoms with Gasteiger partial charge in [0.05, 0.1) is 5.69 Å². The molecule has 1 aliphatic rings. The third-order valence-corrected chi connectivity index (χ3v) is 6.16. The van der Waals surface area contributed by atoms with Gasteiger partial charge in [-0.15, -0.1) is 0 Å². The smallest absolute Gasteiger partial charge is 0.268 e. The number of aromatic amines is 1. The molecule has 2 unspecified atom stereocenters. The number of primary amides is 1. The molecule has 4 rings (SSSR count). The molecule has 7 nitrogen and oxygen atoms in total. The Labute approximate surface area is 194 Å². The number of pyridine rings is 1. The number of rotatable bonds is 7. The lowest BCUT2D eigenvalue weighted by Gasteiger charge is -2.29. The van der Waals surface area contributed by atoms with Crippen LogP contribution < -0.4 is 11.5 Å². The normalized spacial score (nSPS) is 16.9. The first-order valence-electron chi connectivity index (χ1n) is 11.4. The number of nitrogens with zero attached hydrogens (tertiary/aromatic N) is 2. The SMILES string of the molecule is Cc1cc(-c2[nH]c3ccc(C4OC=C(C(N)=O)N4CC(C)CN)cc3c2C(C)C)cc(C)n1. The summed E-state index contributed by atoms with van der Waals surface area (Å²) in [7, 11) is 0. The Kier molecular flexibility index (Phi) is 6.17. The van der Waals surface area contributed by atoms with E-state index in [4.69, 9.17) is 16.2 Å². The summed E-state index contributed by atoms with van der Waals surface area (Å²) in [5, 5.41) is 1.15. The minimum absolute atomic E-state index is 0.184. The summed E-state index contributed by atoms with van der Waals surface area (Å²) in [6.45, 7) is 11.6. The van der Waals surface area contributed by atoms with Gasteiger partial charge in [-0.2, -0.15) is 0 Å². The molecule has 0 radical (unpaired) electrons. The summed E-state index contributed by atoms with van der Waals surface area (Å²) in [5.41, 5.74) is 19.4. The average Bonchev–Trinajstić information content (AvgIpc) is 3.34. The molecule has 0 spiro atoms. The molecule has 174 valence electrons. The van der Waals surface area contributed by atoms with Crippen LogP contribution in [0.25, 0.3) is 22.2 Å². The average molecular weight is 448 g/mol. The molecule has 5 N–H and O–H groups in total. The van der Waals surface area contributed by atoms with E-state index in [1.54, 1.807) is 0 Å². The van der Waals surface area contributed by atoms with Crippen molar-refractivity contribution in [3.05, 3.63) is 64.8 Å². The van der Waals surface area contributed by atoms with Crippen molar-refractivity contribution in [2.24, 2.45) is 17.4 Å². The number of nitrogens with one attached hydrogen (secondary N) is 1. The van der Waals surface area contributed by atoms with Crippen molar-refractivity contribution in [1.29, 1.82) is 0 Å². The minimum Gasteiger partial charge on any atom is -0.471 e. The van der Waals surface area contributed by atoms with E-state index in [1.807, 2.05) is 31.7 Å². The molecule has 0 saturated heterocycles. The van der Waals surface area contributed by atoms with E-state index < -0.39 is 12.1 Å². The number of hydrogen-bond donors (Lipinski definition) is 3. The van der Waals surface area contributed by atoms with E-state index in [-0.39, 0.29) is 5.92 Å². The lowest BCUT2D eigenvalue weighted by molar-refractivity contribution is -0.116. The van der Waals surface area contributed by atoms with Gasteiger partial charge in [-0.25, -0.2) is 0 Å². The summed E-state index contributed by atoms with van der Waals surface area (Å²) in [6.07, 6.45) is 1.05. The van der Waals surface area contributed by atoms with Crippen LogP contribution in [0.2, 0.25) is 0 Å². The first-order valence-corrected chi connectivity index (χ1v) is 11.4. The molecule has 0 aliphatic carbocycles. The van der Waals surface area contributed by atoms with Crippen molar-refractivity contribution >= 4 is 16.8 Å². The van der Waals surface area contributed by atoms with E-state index in [1.165, 1.54) is 11.8 Å². The van der Waals surface area contributed by atoms with Crippen LogP contribution >= 0.6 is 0 Å². The maximum atomic E-state index is 12.0. The molecule has 1 amide bonds. The summed E-state index contributed by atoms with van der Waals surface area (Å²) in [6, 6.07) is 10.5. The number of amides is 1. The van der Waals surface area contributed by atoms with Crippen LogP contribution in [-0.4, -0.2) is 33.9 Å². The van der Waals surface area contributed by atoms with Crippen molar-refractivity contribution in [3.8, 4) is 11.3 Å². The van der Waals surface area contributed by atoms with Gasteiger partial charge in [-0.3, -0.25) is 9.78 Å². The first-order chi connectivity index (χ1) is 15.7. The number of fused-ring (bicyclic) bond motifs is 1. The minimum atomic E-state index is -0.502. The number of aromatic nitrogens is 2. The maximum Gasteiger partial charge on any atom is 0.268 e. The van der Waals surface area contributed by atoms with Gasteiger partial charge < -0.3 is 26.1 Å². The second-order valence-electron chi connectivity index (χ2n) is 9.36. The van der Waals surface area contributed by atoms with Gasteiger partial charge in [0.15, 0.2) is 6.23 Å². The molecule has 0 bridgehead atoms. The summed E-state index contributed by atoms with van der Waals surface area (Å²) >= 11 is 0. The van der Waals surface area contributed by atoms with Gasteiger partial charge in [-0.05, 0) is 62.1 Å². The zero-order chi connectivity index (χ0) is 23.9. The summed E-state index contributed by atoms with van der Waals surface area (Å²) in [5.74, 6) is -0.0168. The summed E-state index contributed by atoms with van der Waals surface area (Å²) < 4.78 is 5.95. The van der Waals surface area contributed by atoms with E-state index in [2.05, 4.69) is 48.1 Å². The third kappa shape index (κ3) is 4.33. The Morgan fingerprint density at radius 2 is 1.88 bits per heavy atom. The maximum absolute atomic E-state index is 12.0. The summed E-state index contributed by atoms with van der Waals surface area (Å²) in [4.78, 5) is 22.1. The van der Waals surface area contributed by atoms with Gasteiger partial charge in [0, 0.05) is 40.0 Å². The Hall–Kier alpha value is -3.32. The van der Waals surface area contributed by atoms with Gasteiger partial charge in [0.2, 0.25) is 0 Å². The molecule has 2 aromatic heterocycles. The van der Waals surface area contributed by atoms with Crippen LogP contribution in [-0.2, 0) is 9.53 Å². The molecule has 1 aliphatic heterocycles. The van der Waals surface area contributed by atoms with Gasteiger partial charge >= 0.3 is 0 Å². The lowest BCUT2D eigenvalue weighted by atomic mass is 9.95. The van der Waals surface area contributed by atoms with Gasteiger partial charge in [0.1, 0.15) is 12.0 Å². The molecule has 1 aromatic carbocycles. The Bertz CT molecular complexity index is 1210. The van der Waals surface area contributed by atoms with Crippen LogP contribution in [0.4, 0.5) is 0 Å². The zero-order valence-electron chi connectivity index (χ0n) is 20.0. The molecule has 7 heteroatoms. The lowest BCUT2D eigenvalue weighted by Crippen LogP contribution is -2.36. The monoisotopic (exact) mass is 447 g/mol. The van der Waals surface area contributed by atoms with Crippen LogP contribution in [0.3, 0.4) is 0 Å².